The predicted molar refractivity (Wildman–Crippen MR) is 90.5 cm³/mol. The second kappa shape index (κ2) is 7.35. The van der Waals surface area contributed by atoms with Gasteiger partial charge in [-0.15, -0.1) is 0 Å². The lowest BCUT2D eigenvalue weighted by molar-refractivity contribution is 0.0751. The van der Waals surface area contributed by atoms with E-state index in [2.05, 4.69) is 10.2 Å². The van der Waals surface area contributed by atoms with E-state index in [4.69, 9.17) is 4.74 Å². The third-order valence-electron chi connectivity index (χ3n) is 3.58. The average Bonchev–Trinajstić information content (AvgIpc) is 3.03. The van der Waals surface area contributed by atoms with Gasteiger partial charge in [0.15, 0.2) is 0 Å². The van der Waals surface area contributed by atoms with E-state index in [0.29, 0.717) is 5.69 Å². The van der Waals surface area contributed by atoms with Crippen molar-refractivity contribution in [3.8, 4) is 17.0 Å². The van der Waals surface area contributed by atoms with Gasteiger partial charge >= 0.3 is 0 Å². The molecule has 0 saturated carbocycles. The Morgan fingerprint density at radius 2 is 2.09 bits per heavy atom. The summed E-state index contributed by atoms with van der Waals surface area (Å²) in [4.78, 5) is 14.2. The average molecular weight is 319 g/mol. The highest BCUT2D eigenvalue weighted by Gasteiger charge is 2.19. The molecule has 118 valence electrons. The molecule has 1 atom stereocenters. The van der Waals surface area contributed by atoms with Gasteiger partial charge in [0.2, 0.25) is 0 Å². The fourth-order valence-corrected chi connectivity index (χ4v) is 2.79. The van der Waals surface area contributed by atoms with Crippen LogP contribution in [0, 0.1) is 0 Å². The third kappa shape index (κ3) is 3.62. The molecule has 0 aliphatic carbocycles. The van der Waals surface area contributed by atoms with Crippen molar-refractivity contribution in [3.63, 3.8) is 0 Å². The van der Waals surface area contributed by atoms with Crippen LogP contribution in [0.3, 0.4) is 0 Å². The fourth-order valence-electron chi connectivity index (χ4n) is 2.08. The summed E-state index contributed by atoms with van der Waals surface area (Å²) in [6.45, 7) is 2.04. The van der Waals surface area contributed by atoms with Gasteiger partial charge in [0.05, 0.1) is 12.8 Å². The molecular formula is C16H21N3O2S. The standard InChI is InChI=1S/C16H21N3O2S/c1-11(10-22-4)19(2)16(20)15-9-14(17-18-15)12-5-7-13(21-3)8-6-12/h5-9,11H,10H2,1-4H3,(H,17,18)/t11-/m1/s1. The molecule has 1 N–H and O–H groups in total. The van der Waals surface area contributed by atoms with Crippen LogP contribution in [0.1, 0.15) is 17.4 Å². The highest BCUT2D eigenvalue weighted by atomic mass is 32.2. The van der Waals surface area contributed by atoms with Gasteiger partial charge in [-0.05, 0) is 43.5 Å². The quantitative estimate of drug-likeness (QED) is 0.889. The van der Waals surface area contributed by atoms with Crippen molar-refractivity contribution in [2.24, 2.45) is 0 Å². The van der Waals surface area contributed by atoms with Crippen molar-refractivity contribution in [2.45, 2.75) is 13.0 Å². The first-order valence-corrected chi connectivity index (χ1v) is 8.42. The molecule has 5 nitrogen and oxygen atoms in total. The number of methoxy groups -OCH3 is 1. The van der Waals surface area contributed by atoms with E-state index in [1.807, 2.05) is 44.5 Å². The van der Waals surface area contributed by atoms with Gasteiger partial charge in [-0.1, -0.05) is 0 Å². The Bertz CT molecular complexity index is 625. The molecule has 1 aromatic heterocycles. The summed E-state index contributed by atoms with van der Waals surface area (Å²) in [7, 11) is 3.45. The van der Waals surface area contributed by atoms with Gasteiger partial charge in [-0.25, -0.2) is 0 Å². The van der Waals surface area contributed by atoms with E-state index in [-0.39, 0.29) is 11.9 Å². The van der Waals surface area contributed by atoms with Crippen LogP contribution in [-0.2, 0) is 0 Å². The number of ether oxygens (including phenoxy) is 1. The first-order valence-electron chi connectivity index (χ1n) is 7.02. The fraction of sp³-hybridized carbons (Fsp3) is 0.375. The Kier molecular flexibility index (Phi) is 5.49. The lowest BCUT2D eigenvalue weighted by Gasteiger charge is -2.23. The number of nitrogens with one attached hydrogen (secondary N) is 1. The molecule has 0 fully saturated rings. The smallest absolute Gasteiger partial charge is 0.271 e. The van der Waals surface area contributed by atoms with Gasteiger partial charge in [0, 0.05) is 24.4 Å². The second-order valence-electron chi connectivity index (χ2n) is 5.12. The molecular weight excluding hydrogens is 298 g/mol. The van der Waals surface area contributed by atoms with E-state index >= 15 is 0 Å². The Hall–Kier alpha value is -1.95. The van der Waals surface area contributed by atoms with E-state index in [0.717, 1.165) is 22.8 Å². The number of thioether (sulfide) groups is 1. The zero-order chi connectivity index (χ0) is 16.1. The molecule has 0 radical (unpaired) electrons. The maximum atomic E-state index is 12.4. The van der Waals surface area contributed by atoms with Crippen LogP contribution in [-0.4, -0.2) is 53.2 Å². The molecule has 2 aromatic rings. The Morgan fingerprint density at radius 1 is 1.41 bits per heavy atom. The topological polar surface area (TPSA) is 58.2 Å². The Balaban J connectivity index is 2.14. The van der Waals surface area contributed by atoms with Crippen molar-refractivity contribution in [1.29, 1.82) is 0 Å². The predicted octanol–water partition coefficient (Wildman–Crippen LogP) is 2.91. The molecule has 0 aliphatic rings. The van der Waals surface area contributed by atoms with Crippen molar-refractivity contribution in [1.82, 2.24) is 15.1 Å². The molecule has 1 aromatic carbocycles. The first kappa shape index (κ1) is 16.4. The van der Waals surface area contributed by atoms with Crippen LogP contribution >= 0.6 is 11.8 Å². The number of hydrogen-bond acceptors (Lipinski definition) is 4. The van der Waals surface area contributed by atoms with Crippen molar-refractivity contribution in [3.05, 3.63) is 36.0 Å². The molecule has 0 aliphatic heterocycles. The number of hydrogen-bond donors (Lipinski definition) is 1. The van der Waals surface area contributed by atoms with Crippen LogP contribution in [0.5, 0.6) is 5.75 Å². The van der Waals surface area contributed by atoms with Crippen LogP contribution in [0.25, 0.3) is 11.3 Å². The summed E-state index contributed by atoms with van der Waals surface area (Å²) in [6, 6.07) is 9.55. The Morgan fingerprint density at radius 3 is 2.68 bits per heavy atom. The number of nitrogens with zero attached hydrogens (tertiary/aromatic N) is 2. The van der Waals surface area contributed by atoms with Crippen molar-refractivity contribution in [2.75, 3.05) is 26.2 Å². The van der Waals surface area contributed by atoms with Gasteiger partial charge in [0.1, 0.15) is 11.4 Å². The van der Waals surface area contributed by atoms with Crippen LogP contribution < -0.4 is 4.74 Å². The van der Waals surface area contributed by atoms with Crippen molar-refractivity contribution >= 4 is 17.7 Å². The number of aromatic amines is 1. The molecule has 1 amide bonds. The molecule has 0 unspecified atom stereocenters. The van der Waals surface area contributed by atoms with E-state index in [1.165, 1.54) is 0 Å². The van der Waals surface area contributed by atoms with E-state index < -0.39 is 0 Å². The monoisotopic (exact) mass is 319 g/mol. The van der Waals surface area contributed by atoms with Gasteiger partial charge < -0.3 is 9.64 Å². The maximum absolute atomic E-state index is 12.4. The zero-order valence-corrected chi connectivity index (χ0v) is 14.1. The van der Waals surface area contributed by atoms with Crippen LogP contribution in [0.2, 0.25) is 0 Å². The second-order valence-corrected chi connectivity index (χ2v) is 6.03. The van der Waals surface area contributed by atoms with Crippen molar-refractivity contribution < 1.29 is 9.53 Å². The number of carbonyl (C=O) groups is 1. The molecule has 22 heavy (non-hydrogen) atoms. The molecule has 1 heterocycles. The molecule has 0 saturated heterocycles. The third-order valence-corrected chi connectivity index (χ3v) is 4.40. The molecule has 0 bridgehead atoms. The normalized spacial score (nSPS) is 12.0. The Labute approximate surface area is 135 Å². The van der Waals surface area contributed by atoms with Crippen LogP contribution in [0.15, 0.2) is 30.3 Å². The van der Waals surface area contributed by atoms with Gasteiger partial charge in [-0.3, -0.25) is 9.89 Å². The number of benzene rings is 1. The summed E-state index contributed by atoms with van der Waals surface area (Å²) in [6.07, 6.45) is 2.03. The SMILES string of the molecule is COc1ccc(-c2cc(C(=O)N(C)[C@H](C)CSC)[nH]n2)cc1. The largest absolute Gasteiger partial charge is 0.497 e. The number of carbonyl (C=O) groups excluding carboxylic acids is 1. The summed E-state index contributed by atoms with van der Waals surface area (Å²) < 4.78 is 5.14. The van der Waals surface area contributed by atoms with Crippen LogP contribution in [0.4, 0.5) is 0 Å². The maximum Gasteiger partial charge on any atom is 0.271 e. The summed E-state index contributed by atoms with van der Waals surface area (Å²) in [5.41, 5.74) is 2.19. The summed E-state index contributed by atoms with van der Waals surface area (Å²) >= 11 is 1.72. The molecule has 2 rings (SSSR count). The summed E-state index contributed by atoms with van der Waals surface area (Å²) in [5, 5.41) is 7.06. The van der Waals surface area contributed by atoms with Gasteiger partial charge in [-0.2, -0.15) is 16.9 Å². The highest BCUT2D eigenvalue weighted by Crippen LogP contribution is 2.21. The number of aromatic nitrogens is 2. The zero-order valence-electron chi connectivity index (χ0n) is 13.3. The molecule has 0 spiro atoms. The highest BCUT2D eigenvalue weighted by molar-refractivity contribution is 7.98. The van der Waals surface area contributed by atoms with E-state index in [1.54, 1.807) is 29.8 Å². The minimum atomic E-state index is -0.0474. The number of rotatable bonds is 6. The van der Waals surface area contributed by atoms with Gasteiger partial charge in [0.25, 0.3) is 5.91 Å². The number of amides is 1. The first-order chi connectivity index (χ1) is 10.6. The minimum absolute atomic E-state index is 0.0474. The molecule has 6 heteroatoms. The minimum Gasteiger partial charge on any atom is -0.497 e. The lowest BCUT2D eigenvalue weighted by Crippen LogP contribution is -2.36. The summed E-state index contributed by atoms with van der Waals surface area (Å²) in [5.74, 6) is 1.65. The van der Waals surface area contributed by atoms with E-state index in [9.17, 15) is 4.79 Å². The lowest BCUT2D eigenvalue weighted by atomic mass is 10.1. The number of H-pyrrole nitrogens is 1.